The minimum atomic E-state index is -0.113. The Bertz CT molecular complexity index is 1030. The van der Waals surface area contributed by atoms with Crippen LogP contribution in [0.3, 0.4) is 0 Å². The molecule has 27 heavy (non-hydrogen) atoms. The highest BCUT2D eigenvalue weighted by Gasteiger charge is 2.48. The molecule has 0 unspecified atom stereocenters. The molecular weight excluding hydrogens is 356 g/mol. The number of amides is 2. The van der Waals surface area contributed by atoms with Crippen molar-refractivity contribution in [1.82, 2.24) is 4.98 Å². The largest absolute Gasteiger partial charge is 0.274 e. The number of rotatable bonds is 2. The van der Waals surface area contributed by atoms with E-state index in [0.717, 1.165) is 41.8 Å². The number of hydrogen-bond acceptors (Lipinski definition) is 4. The van der Waals surface area contributed by atoms with E-state index in [9.17, 15) is 9.59 Å². The molecule has 4 nitrogen and oxygen atoms in total. The molecule has 2 heterocycles. The van der Waals surface area contributed by atoms with Gasteiger partial charge in [0.25, 0.3) is 0 Å². The second-order valence-electron chi connectivity index (χ2n) is 7.55. The molecule has 5 heteroatoms. The lowest BCUT2D eigenvalue weighted by Crippen LogP contribution is -2.30. The Morgan fingerprint density at radius 1 is 0.963 bits per heavy atom. The lowest BCUT2D eigenvalue weighted by molar-refractivity contribution is -0.122. The van der Waals surface area contributed by atoms with E-state index in [-0.39, 0.29) is 23.7 Å². The maximum Gasteiger partial charge on any atom is 0.237 e. The molecule has 0 spiro atoms. The van der Waals surface area contributed by atoms with E-state index in [1.165, 1.54) is 15.2 Å². The normalized spacial score (nSPS) is 22.5. The minimum absolute atomic E-state index is 0.0205. The van der Waals surface area contributed by atoms with Gasteiger partial charge in [0.1, 0.15) is 5.01 Å². The lowest BCUT2D eigenvalue weighted by Gasteiger charge is -2.19. The summed E-state index contributed by atoms with van der Waals surface area (Å²) < 4.78 is 1.17. The highest BCUT2D eigenvalue weighted by molar-refractivity contribution is 7.21. The van der Waals surface area contributed by atoms with Crippen LogP contribution in [0.5, 0.6) is 0 Å². The van der Waals surface area contributed by atoms with Crippen LogP contribution in [0.25, 0.3) is 20.8 Å². The molecule has 1 saturated heterocycles. The molecule has 1 aromatic heterocycles. The van der Waals surface area contributed by atoms with Gasteiger partial charge in [0, 0.05) is 5.56 Å². The average Bonchev–Trinajstić information content (AvgIpc) is 3.21. The number of aromatic nitrogens is 1. The van der Waals surface area contributed by atoms with Crippen molar-refractivity contribution in [2.75, 3.05) is 4.90 Å². The molecule has 2 atom stereocenters. The highest BCUT2D eigenvalue weighted by Crippen LogP contribution is 2.40. The number of anilines is 1. The summed E-state index contributed by atoms with van der Waals surface area (Å²) in [5.41, 5.74) is 3.91. The van der Waals surface area contributed by atoms with Gasteiger partial charge >= 0.3 is 0 Å². The van der Waals surface area contributed by atoms with E-state index >= 15 is 0 Å². The molecule has 136 valence electrons. The van der Waals surface area contributed by atoms with Crippen molar-refractivity contribution in [1.29, 1.82) is 0 Å². The highest BCUT2D eigenvalue weighted by atomic mass is 32.1. The number of fused-ring (bicyclic) bond motifs is 2. The van der Waals surface area contributed by atoms with Crippen LogP contribution in [0.4, 0.5) is 5.69 Å². The zero-order chi connectivity index (χ0) is 18.5. The van der Waals surface area contributed by atoms with E-state index in [2.05, 4.69) is 19.1 Å². The van der Waals surface area contributed by atoms with Crippen LogP contribution in [-0.4, -0.2) is 16.8 Å². The molecule has 5 rings (SSSR count). The van der Waals surface area contributed by atoms with Crippen molar-refractivity contribution < 1.29 is 9.59 Å². The first kappa shape index (κ1) is 16.6. The minimum Gasteiger partial charge on any atom is -0.274 e. The predicted molar refractivity (Wildman–Crippen MR) is 108 cm³/mol. The summed E-state index contributed by atoms with van der Waals surface area (Å²) in [6, 6.07) is 13.9. The topological polar surface area (TPSA) is 50.3 Å². The van der Waals surface area contributed by atoms with Crippen molar-refractivity contribution in [3.63, 3.8) is 0 Å². The zero-order valence-electron chi connectivity index (χ0n) is 15.1. The number of thiazole rings is 1. The van der Waals surface area contributed by atoms with Gasteiger partial charge in [0.15, 0.2) is 0 Å². The monoisotopic (exact) mass is 376 g/mol. The molecule has 1 saturated carbocycles. The fraction of sp³-hybridized carbons (Fsp3) is 0.318. The Morgan fingerprint density at radius 3 is 2.30 bits per heavy atom. The van der Waals surface area contributed by atoms with Gasteiger partial charge in [-0.15, -0.1) is 11.3 Å². The van der Waals surface area contributed by atoms with Gasteiger partial charge in [-0.25, -0.2) is 4.98 Å². The van der Waals surface area contributed by atoms with Crippen molar-refractivity contribution in [2.24, 2.45) is 11.8 Å². The summed E-state index contributed by atoms with van der Waals surface area (Å²) in [6.45, 7) is 2.08. The van der Waals surface area contributed by atoms with Gasteiger partial charge in [-0.05, 0) is 61.7 Å². The molecule has 1 aliphatic carbocycles. The summed E-state index contributed by atoms with van der Waals surface area (Å²) in [5, 5.41) is 0.954. The van der Waals surface area contributed by atoms with Crippen LogP contribution in [-0.2, 0) is 9.59 Å². The fourth-order valence-corrected chi connectivity index (χ4v) is 5.39. The summed E-state index contributed by atoms with van der Waals surface area (Å²) in [4.78, 5) is 31.6. The maximum atomic E-state index is 12.7. The standard InChI is InChI=1S/C22H20N2O2S/c1-13-6-11-18-19(12-13)27-20(23-18)14-7-9-15(10-8-14)24-21(25)16-4-2-3-5-17(16)22(24)26/h6-12,16-17H,2-5H2,1H3/t16-,17+. The number of imide groups is 1. The van der Waals surface area contributed by atoms with E-state index in [4.69, 9.17) is 4.98 Å². The molecule has 0 bridgehead atoms. The number of benzene rings is 2. The Hall–Kier alpha value is -2.53. The van der Waals surface area contributed by atoms with Crippen LogP contribution >= 0.6 is 11.3 Å². The molecule has 2 aromatic carbocycles. The van der Waals surface area contributed by atoms with E-state index in [1.807, 2.05) is 30.3 Å². The van der Waals surface area contributed by atoms with Crippen LogP contribution in [0.2, 0.25) is 0 Å². The summed E-state index contributed by atoms with van der Waals surface area (Å²) in [7, 11) is 0. The van der Waals surface area contributed by atoms with E-state index in [1.54, 1.807) is 11.3 Å². The number of aryl methyl sites for hydroxylation is 1. The van der Waals surface area contributed by atoms with Gasteiger partial charge in [-0.2, -0.15) is 0 Å². The van der Waals surface area contributed by atoms with Gasteiger partial charge in [-0.3, -0.25) is 14.5 Å². The molecule has 0 radical (unpaired) electrons. The summed E-state index contributed by atoms with van der Waals surface area (Å²) in [6.07, 6.45) is 3.78. The van der Waals surface area contributed by atoms with Crippen LogP contribution in [0.15, 0.2) is 42.5 Å². The predicted octanol–water partition coefficient (Wildman–Crippen LogP) is 4.95. The first-order valence-corrected chi connectivity index (χ1v) is 10.3. The first-order chi connectivity index (χ1) is 13.1. The van der Waals surface area contributed by atoms with E-state index < -0.39 is 0 Å². The maximum absolute atomic E-state index is 12.7. The van der Waals surface area contributed by atoms with Crippen molar-refractivity contribution >= 4 is 39.1 Å². The van der Waals surface area contributed by atoms with Crippen molar-refractivity contribution in [3.05, 3.63) is 48.0 Å². The Labute approximate surface area is 161 Å². The summed E-state index contributed by atoms with van der Waals surface area (Å²) >= 11 is 1.66. The molecule has 3 aromatic rings. The number of carbonyl (C=O) groups excluding carboxylic acids is 2. The Morgan fingerprint density at radius 2 is 1.63 bits per heavy atom. The van der Waals surface area contributed by atoms with Crippen molar-refractivity contribution in [3.8, 4) is 10.6 Å². The average molecular weight is 376 g/mol. The number of carbonyl (C=O) groups is 2. The fourth-order valence-electron chi connectivity index (χ4n) is 4.33. The number of nitrogens with zero attached hydrogens (tertiary/aromatic N) is 2. The second-order valence-corrected chi connectivity index (χ2v) is 8.58. The molecule has 0 N–H and O–H groups in total. The Balaban J connectivity index is 1.46. The summed E-state index contributed by atoms with van der Waals surface area (Å²) in [5.74, 6) is -0.266. The van der Waals surface area contributed by atoms with E-state index in [0.29, 0.717) is 5.69 Å². The Kier molecular flexibility index (Phi) is 3.86. The van der Waals surface area contributed by atoms with Crippen LogP contribution < -0.4 is 4.90 Å². The molecule has 2 aliphatic rings. The third-order valence-electron chi connectivity index (χ3n) is 5.76. The second kappa shape index (κ2) is 6.27. The first-order valence-electron chi connectivity index (χ1n) is 9.47. The van der Waals surface area contributed by atoms with Gasteiger partial charge < -0.3 is 0 Å². The molecule has 2 amide bonds. The van der Waals surface area contributed by atoms with Crippen molar-refractivity contribution in [2.45, 2.75) is 32.6 Å². The SMILES string of the molecule is Cc1ccc2nc(-c3ccc(N4C(=O)[C@H]5CCCC[C@H]5C4=O)cc3)sc2c1. The lowest BCUT2D eigenvalue weighted by atomic mass is 9.81. The van der Waals surface area contributed by atoms with Crippen LogP contribution in [0, 0.1) is 18.8 Å². The molecular formula is C22H20N2O2S. The van der Waals surface area contributed by atoms with Gasteiger partial charge in [-0.1, -0.05) is 18.9 Å². The third kappa shape index (κ3) is 2.69. The zero-order valence-corrected chi connectivity index (χ0v) is 16.0. The quantitative estimate of drug-likeness (QED) is 0.595. The third-order valence-corrected chi connectivity index (χ3v) is 6.82. The smallest absolute Gasteiger partial charge is 0.237 e. The number of hydrogen-bond donors (Lipinski definition) is 0. The molecule has 1 aliphatic heterocycles. The van der Waals surface area contributed by atoms with Gasteiger partial charge in [0.05, 0.1) is 27.7 Å². The van der Waals surface area contributed by atoms with Gasteiger partial charge in [0.2, 0.25) is 11.8 Å². The van der Waals surface area contributed by atoms with Crippen LogP contribution in [0.1, 0.15) is 31.2 Å². The molecule has 2 fully saturated rings.